The van der Waals surface area contributed by atoms with Crippen LogP contribution >= 0.6 is 0 Å². The third-order valence-electron chi connectivity index (χ3n) is 5.59. The minimum atomic E-state index is -2.09. The van der Waals surface area contributed by atoms with Gasteiger partial charge in [0.25, 0.3) is 5.79 Å². The van der Waals surface area contributed by atoms with Gasteiger partial charge in [-0.25, -0.2) is 9.48 Å². The van der Waals surface area contributed by atoms with E-state index in [0.29, 0.717) is 5.69 Å². The van der Waals surface area contributed by atoms with Crippen molar-refractivity contribution in [1.82, 2.24) is 20.3 Å². The molecule has 4 N–H and O–H groups in total. The van der Waals surface area contributed by atoms with Crippen molar-refractivity contribution in [2.75, 3.05) is 13.7 Å². The lowest BCUT2D eigenvalue weighted by Crippen LogP contribution is -2.68. The number of methoxy groups -OCH3 is 1. The monoisotopic (exact) mass is 490 g/mol. The summed E-state index contributed by atoms with van der Waals surface area (Å²) in [6.07, 6.45) is -3.40. The SMILES string of the molecule is C=CCO[C@]1(C(=O)OC)C[C@@H](O)[C@@H](NC(C)=O)C([C@H](O)[C@H](O)Cn2cc(-c3ccccc3)nn2)O1. The lowest BCUT2D eigenvalue weighted by Gasteiger charge is -2.46. The van der Waals surface area contributed by atoms with Crippen molar-refractivity contribution in [2.24, 2.45) is 0 Å². The Morgan fingerprint density at radius 2 is 2.09 bits per heavy atom. The average molecular weight is 491 g/mol. The van der Waals surface area contributed by atoms with Gasteiger partial charge in [0.05, 0.1) is 38.6 Å². The molecule has 0 spiro atoms. The van der Waals surface area contributed by atoms with E-state index in [0.717, 1.165) is 12.7 Å². The molecule has 1 unspecified atom stereocenters. The summed E-state index contributed by atoms with van der Waals surface area (Å²) in [4.78, 5) is 24.3. The van der Waals surface area contributed by atoms with Crippen LogP contribution in [0.1, 0.15) is 13.3 Å². The first-order valence-corrected chi connectivity index (χ1v) is 11.0. The van der Waals surface area contributed by atoms with Crippen LogP contribution in [0.5, 0.6) is 0 Å². The maximum absolute atomic E-state index is 12.6. The first-order chi connectivity index (χ1) is 16.7. The molecule has 1 aliphatic heterocycles. The lowest BCUT2D eigenvalue weighted by atomic mass is 9.88. The van der Waals surface area contributed by atoms with Gasteiger partial charge in [-0.2, -0.15) is 0 Å². The van der Waals surface area contributed by atoms with Crippen LogP contribution in [0.25, 0.3) is 11.3 Å². The average Bonchev–Trinajstić information content (AvgIpc) is 3.32. The summed E-state index contributed by atoms with van der Waals surface area (Å²) in [5.74, 6) is -3.54. The number of aliphatic hydroxyl groups excluding tert-OH is 3. The molecular formula is C23H30N4O8. The molecule has 1 aromatic carbocycles. The lowest BCUT2D eigenvalue weighted by molar-refractivity contribution is -0.309. The van der Waals surface area contributed by atoms with Crippen molar-refractivity contribution >= 4 is 11.9 Å². The summed E-state index contributed by atoms with van der Waals surface area (Å²) in [7, 11) is 1.12. The van der Waals surface area contributed by atoms with Gasteiger partial charge in [-0.15, -0.1) is 11.7 Å². The highest BCUT2D eigenvalue weighted by Crippen LogP contribution is 2.34. The summed E-state index contributed by atoms with van der Waals surface area (Å²) < 4.78 is 17.5. The number of esters is 1. The Morgan fingerprint density at radius 3 is 2.71 bits per heavy atom. The van der Waals surface area contributed by atoms with Crippen molar-refractivity contribution in [3.8, 4) is 11.3 Å². The third kappa shape index (κ3) is 6.10. The van der Waals surface area contributed by atoms with Crippen molar-refractivity contribution in [3.63, 3.8) is 0 Å². The van der Waals surface area contributed by atoms with E-state index in [-0.39, 0.29) is 19.6 Å². The van der Waals surface area contributed by atoms with E-state index in [4.69, 9.17) is 14.2 Å². The van der Waals surface area contributed by atoms with Crippen LogP contribution < -0.4 is 5.32 Å². The molecule has 0 saturated carbocycles. The standard InChI is InChI=1S/C23H30N4O8/c1-4-10-34-23(22(32)33-3)11-17(29)19(24-14(2)28)21(35-23)20(31)18(30)13-27-12-16(25-26-27)15-8-6-5-7-9-15/h4-9,12,17-21,29-31H,1,10-11,13H2,2-3H3,(H,24,28)/t17-,18-,19-,20-,21?,23-/m1/s1. The van der Waals surface area contributed by atoms with Gasteiger partial charge < -0.3 is 34.8 Å². The van der Waals surface area contributed by atoms with Crippen LogP contribution in [0.2, 0.25) is 0 Å². The first-order valence-electron chi connectivity index (χ1n) is 11.0. The molecule has 1 saturated heterocycles. The minimum absolute atomic E-state index is 0.126. The smallest absolute Gasteiger partial charge is 0.366 e. The fourth-order valence-electron chi connectivity index (χ4n) is 3.94. The zero-order chi connectivity index (χ0) is 25.6. The first kappa shape index (κ1) is 26.4. The number of nitrogens with zero attached hydrogens (tertiary/aromatic N) is 3. The maximum Gasteiger partial charge on any atom is 0.366 e. The molecule has 1 fully saturated rings. The zero-order valence-electron chi connectivity index (χ0n) is 19.5. The fraction of sp³-hybridized carbons (Fsp3) is 0.478. The van der Waals surface area contributed by atoms with Gasteiger partial charge >= 0.3 is 5.97 Å². The highest BCUT2D eigenvalue weighted by atomic mass is 16.7. The summed E-state index contributed by atoms with van der Waals surface area (Å²) >= 11 is 0. The van der Waals surface area contributed by atoms with E-state index in [2.05, 4.69) is 22.2 Å². The highest BCUT2D eigenvalue weighted by Gasteiger charge is 2.56. The highest BCUT2D eigenvalue weighted by molar-refractivity contribution is 5.78. The van der Waals surface area contributed by atoms with E-state index in [1.54, 1.807) is 6.20 Å². The number of rotatable bonds is 10. The van der Waals surface area contributed by atoms with Crippen LogP contribution in [0.15, 0.2) is 49.2 Å². The number of aromatic nitrogens is 3. The normalized spacial score (nSPS) is 25.9. The van der Waals surface area contributed by atoms with Gasteiger partial charge in [0.2, 0.25) is 5.91 Å². The number of carbonyl (C=O) groups is 2. The molecule has 1 amide bonds. The van der Waals surface area contributed by atoms with Gasteiger partial charge in [-0.3, -0.25) is 4.79 Å². The Balaban J connectivity index is 1.84. The molecule has 0 aliphatic carbocycles. The van der Waals surface area contributed by atoms with Crippen LogP contribution in [-0.4, -0.2) is 92.2 Å². The van der Waals surface area contributed by atoms with E-state index in [1.807, 2.05) is 30.3 Å². The molecule has 0 bridgehead atoms. The number of nitrogens with one attached hydrogen (secondary N) is 1. The van der Waals surface area contributed by atoms with Gasteiger partial charge in [-0.05, 0) is 0 Å². The second kappa shape index (κ2) is 11.5. The molecule has 2 aromatic rings. The molecule has 3 rings (SSSR count). The van der Waals surface area contributed by atoms with E-state index < -0.39 is 48.1 Å². The minimum Gasteiger partial charge on any atom is -0.465 e. The number of hydrogen-bond donors (Lipinski definition) is 4. The Morgan fingerprint density at radius 1 is 1.37 bits per heavy atom. The van der Waals surface area contributed by atoms with Crippen LogP contribution in [-0.2, 0) is 30.3 Å². The zero-order valence-corrected chi connectivity index (χ0v) is 19.5. The second-order valence-corrected chi connectivity index (χ2v) is 8.17. The van der Waals surface area contributed by atoms with E-state index >= 15 is 0 Å². The molecule has 0 radical (unpaired) electrons. The second-order valence-electron chi connectivity index (χ2n) is 8.17. The molecule has 1 aromatic heterocycles. The molecule has 2 heterocycles. The molecular weight excluding hydrogens is 460 g/mol. The molecule has 190 valence electrons. The predicted molar refractivity (Wildman–Crippen MR) is 121 cm³/mol. The quantitative estimate of drug-likeness (QED) is 0.249. The Labute approximate surface area is 202 Å². The number of amides is 1. The number of benzene rings is 1. The number of hydrogen-bond acceptors (Lipinski definition) is 10. The molecule has 12 nitrogen and oxygen atoms in total. The topological polar surface area (TPSA) is 165 Å². The van der Waals surface area contributed by atoms with Gasteiger partial charge in [0.1, 0.15) is 24.0 Å². The molecule has 12 heteroatoms. The fourth-order valence-corrected chi connectivity index (χ4v) is 3.94. The summed E-state index contributed by atoms with van der Waals surface area (Å²) in [6.45, 7) is 4.44. The van der Waals surface area contributed by atoms with Crippen molar-refractivity contribution in [3.05, 3.63) is 49.2 Å². The number of carbonyl (C=O) groups excluding carboxylic acids is 2. The van der Waals surface area contributed by atoms with Crippen LogP contribution in [0.3, 0.4) is 0 Å². The molecule has 6 atom stereocenters. The summed E-state index contributed by atoms with van der Waals surface area (Å²) in [6, 6.07) is 8.12. The van der Waals surface area contributed by atoms with Crippen molar-refractivity contribution in [2.45, 2.75) is 56.1 Å². The summed E-state index contributed by atoms with van der Waals surface area (Å²) in [5, 5.41) is 43.2. The van der Waals surface area contributed by atoms with Gasteiger partial charge in [-0.1, -0.05) is 41.6 Å². The Kier molecular flexibility index (Phi) is 8.70. The van der Waals surface area contributed by atoms with E-state index in [9.17, 15) is 24.9 Å². The Bertz CT molecular complexity index is 1020. The predicted octanol–water partition coefficient (Wildman–Crippen LogP) is -0.607. The summed E-state index contributed by atoms with van der Waals surface area (Å²) in [5.41, 5.74) is 1.38. The Hall–Kier alpha value is -3.16. The van der Waals surface area contributed by atoms with Crippen molar-refractivity contribution < 1.29 is 39.1 Å². The van der Waals surface area contributed by atoms with Gasteiger partial charge in [0.15, 0.2) is 0 Å². The largest absolute Gasteiger partial charge is 0.465 e. The third-order valence-corrected chi connectivity index (χ3v) is 5.59. The van der Waals surface area contributed by atoms with Gasteiger partial charge in [0, 0.05) is 18.9 Å². The number of aliphatic hydroxyl groups is 3. The van der Waals surface area contributed by atoms with Crippen molar-refractivity contribution in [1.29, 1.82) is 0 Å². The molecule has 35 heavy (non-hydrogen) atoms. The van der Waals surface area contributed by atoms with Crippen LogP contribution in [0, 0.1) is 0 Å². The maximum atomic E-state index is 12.6. The molecule has 1 aliphatic rings. The number of ether oxygens (including phenoxy) is 3. The van der Waals surface area contributed by atoms with Crippen LogP contribution in [0.4, 0.5) is 0 Å². The van der Waals surface area contributed by atoms with E-state index in [1.165, 1.54) is 17.7 Å².